The van der Waals surface area contributed by atoms with Gasteiger partial charge in [-0.3, -0.25) is 4.57 Å². The number of hydrogen-bond donors (Lipinski definition) is 2. The molecule has 4 rings (SSSR count). The molecule has 2 N–H and O–H groups in total. The van der Waals surface area contributed by atoms with Crippen molar-refractivity contribution in [1.82, 2.24) is 14.5 Å². The molecule has 0 radical (unpaired) electrons. The fourth-order valence-electron chi connectivity index (χ4n) is 2.56. The molecule has 4 aromatic rings. The van der Waals surface area contributed by atoms with Gasteiger partial charge >= 0.3 is 0 Å². The van der Waals surface area contributed by atoms with E-state index in [1.165, 1.54) is 0 Å². The molecule has 21 heavy (non-hydrogen) atoms. The number of methoxy groups -OCH3 is 1. The van der Waals surface area contributed by atoms with E-state index < -0.39 is 0 Å². The average molecular weight is 279 g/mol. The van der Waals surface area contributed by atoms with Crippen molar-refractivity contribution in [3.05, 3.63) is 48.9 Å². The summed E-state index contributed by atoms with van der Waals surface area (Å²) in [5.41, 5.74) is 1.64. The van der Waals surface area contributed by atoms with E-state index in [-0.39, 0.29) is 5.88 Å². The highest BCUT2D eigenvalue weighted by molar-refractivity contribution is 5.90. The van der Waals surface area contributed by atoms with E-state index in [1.807, 2.05) is 42.7 Å². The number of hydrogen-bond acceptors (Lipinski definition) is 3. The van der Waals surface area contributed by atoms with Gasteiger partial charge in [-0.15, -0.1) is 0 Å². The van der Waals surface area contributed by atoms with Crippen LogP contribution in [-0.2, 0) is 0 Å². The maximum atomic E-state index is 10.5. The molecule has 5 nitrogen and oxygen atoms in total. The summed E-state index contributed by atoms with van der Waals surface area (Å²) in [5, 5.41) is 13.2. The Labute approximate surface area is 120 Å². The van der Waals surface area contributed by atoms with Gasteiger partial charge in [0.2, 0.25) is 5.88 Å². The van der Waals surface area contributed by atoms with Gasteiger partial charge in [0.15, 0.2) is 0 Å². The molecule has 0 atom stereocenters. The summed E-state index contributed by atoms with van der Waals surface area (Å²) in [7, 11) is 1.61. The zero-order valence-electron chi connectivity index (χ0n) is 11.4. The minimum Gasteiger partial charge on any atom is -0.497 e. The van der Waals surface area contributed by atoms with Crippen LogP contribution in [0.15, 0.2) is 48.9 Å². The third-order valence-corrected chi connectivity index (χ3v) is 3.66. The molecule has 0 bridgehead atoms. The summed E-state index contributed by atoms with van der Waals surface area (Å²) in [4.78, 5) is 7.41. The largest absolute Gasteiger partial charge is 0.497 e. The molecule has 0 aliphatic carbocycles. The van der Waals surface area contributed by atoms with Crippen LogP contribution in [0.2, 0.25) is 0 Å². The fraction of sp³-hybridized carbons (Fsp3) is 0.0625. The number of H-pyrrole nitrogens is 1. The second-order valence-corrected chi connectivity index (χ2v) is 4.88. The maximum Gasteiger partial charge on any atom is 0.203 e. The lowest BCUT2D eigenvalue weighted by molar-refractivity contribution is 0.414. The summed E-state index contributed by atoms with van der Waals surface area (Å²) < 4.78 is 6.93. The third-order valence-electron chi connectivity index (χ3n) is 3.66. The minimum absolute atomic E-state index is 0.181. The molecule has 0 saturated carbocycles. The molecule has 0 unspecified atom stereocenters. The smallest absolute Gasteiger partial charge is 0.203 e. The average Bonchev–Trinajstić information content (AvgIpc) is 3.11. The molecule has 0 aliphatic rings. The number of ether oxygens (including phenoxy) is 1. The van der Waals surface area contributed by atoms with Crippen molar-refractivity contribution in [1.29, 1.82) is 0 Å². The van der Waals surface area contributed by atoms with Gasteiger partial charge in [-0.1, -0.05) is 0 Å². The summed E-state index contributed by atoms with van der Waals surface area (Å²) in [6.07, 6.45) is 5.46. The Morgan fingerprint density at radius 1 is 1.19 bits per heavy atom. The summed E-state index contributed by atoms with van der Waals surface area (Å²) in [6, 6.07) is 9.56. The first kappa shape index (κ1) is 11.8. The number of fused-ring (bicyclic) bond motifs is 2. The molecule has 5 heteroatoms. The van der Waals surface area contributed by atoms with Crippen molar-refractivity contribution in [3.8, 4) is 17.3 Å². The van der Waals surface area contributed by atoms with E-state index in [2.05, 4.69) is 9.97 Å². The van der Waals surface area contributed by atoms with Crippen molar-refractivity contribution in [3.63, 3.8) is 0 Å². The standard InChI is InChI=1S/C16H13N3O2/c1-21-13-3-2-11-9-19(16(20)14(11)7-13)12-6-10-4-5-17-15(10)18-8-12/h2-9,20H,1H3,(H,17,18). The number of nitrogens with zero attached hydrogens (tertiary/aromatic N) is 2. The molecule has 0 fully saturated rings. The monoisotopic (exact) mass is 279 g/mol. The SMILES string of the molecule is COc1ccc2cn(-c3cnc4[nH]ccc4c3)c(O)c2c1. The van der Waals surface area contributed by atoms with Gasteiger partial charge in [0.05, 0.1) is 19.0 Å². The first-order valence-corrected chi connectivity index (χ1v) is 6.58. The molecule has 1 aromatic carbocycles. The zero-order chi connectivity index (χ0) is 14.4. The van der Waals surface area contributed by atoms with E-state index in [0.717, 1.165) is 33.2 Å². The predicted octanol–water partition coefficient (Wildman–Crippen LogP) is 3.22. The highest BCUT2D eigenvalue weighted by Crippen LogP contribution is 2.33. The van der Waals surface area contributed by atoms with E-state index in [4.69, 9.17) is 4.74 Å². The molecule has 3 heterocycles. The lowest BCUT2D eigenvalue weighted by Gasteiger charge is -2.04. The van der Waals surface area contributed by atoms with Crippen LogP contribution in [0.5, 0.6) is 11.6 Å². The minimum atomic E-state index is 0.181. The number of pyridine rings is 1. The van der Waals surface area contributed by atoms with Crippen molar-refractivity contribution < 1.29 is 9.84 Å². The van der Waals surface area contributed by atoms with Crippen LogP contribution in [0.4, 0.5) is 0 Å². The van der Waals surface area contributed by atoms with Crippen LogP contribution in [0.1, 0.15) is 0 Å². The number of benzene rings is 1. The van der Waals surface area contributed by atoms with Gasteiger partial charge in [0.1, 0.15) is 11.4 Å². The molecule has 0 aliphatic heterocycles. The quantitative estimate of drug-likeness (QED) is 0.592. The van der Waals surface area contributed by atoms with Crippen LogP contribution in [0.25, 0.3) is 27.5 Å². The highest BCUT2D eigenvalue weighted by atomic mass is 16.5. The van der Waals surface area contributed by atoms with Gasteiger partial charge in [-0.2, -0.15) is 0 Å². The topological polar surface area (TPSA) is 63.1 Å². The normalized spacial score (nSPS) is 11.3. The van der Waals surface area contributed by atoms with Crippen LogP contribution in [-0.4, -0.2) is 26.8 Å². The van der Waals surface area contributed by atoms with E-state index in [1.54, 1.807) is 17.9 Å². The maximum absolute atomic E-state index is 10.5. The van der Waals surface area contributed by atoms with Gasteiger partial charge < -0.3 is 14.8 Å². The number of aromatic amines is 1. The Morgan fingerprint density at radius 2 is 2.10 bits per heavy atom. The molecule has 0 amide bonds. The summed E-state index contributed by atoms with van der Waals surface area (Å²) >= 11 is 0. The van der Waals surface area contributed by atoms with Gasteiger partial charge in [-0.05, 0) is 30.3 Å². The first-order chi connectivity index (χ1) is 10.3. The molecule has 104 valence electrons. The zero-order valence-corrected chi connectivity index (χ0v) is 11.4. The molecule has 3 aromatic heterocycles. The van der Waals surface area contributed by atoms with Gasteiger partial charge in [0.25, 0.3) is 0 Å². The fourth-order valence-corrected chi connectivity index (χ4v) is 2.56. The Balaban J connectivity index is 1.94. The Morgan fingerprint density at radius 3 is 2.95 bits per heavy atom. The van der Waals surface area contributed by atoms with Crippen LogP contribution in [0.3, 0.4) is 0 Å². The van der Waals surface area contributed by atoms with Crippen molar-refractivity contribution >= 4 is 21.8 Å². The first-order valence-electron chi connectivity index (χ1n) is 6.58. The van der Waals surface area contributed by atoms with Crippen LogP contribution < -0.4 is 4.74 Å². The number of nitrogens with one attached hydrogen (secondary N) is 1. The summed E-state index contributed by atoms with van der Waals surface area (Å²) in [5.74, 6) is 0.898. The van der Waals surface area contributed by atoms with E-state index >= 15 is 0 Å². The van der Waals surface area contributed by atoms with E-state index in [0.29, 0.717) is 0 Å². The van der Waals surface area contributed by atoms with Crippen molar-refractivity contribution in [2.45, 2.75) is 0 Å². The number of aromatic hydroxyl groups is 1. The highest BCUT2D eigenvalue weighted by Gasteiger charge is 2.11. The van der Waals surface area contributed by atoms with Crippen LogP contribution >= 0.6 is 0 Å². The Hall–Kier alpha value is -2.95. The second kappa shape index (κ2) is 4.28. The molecule has 0 saturated heterocycles. The number of rotatable bonds is 2. The molecule has 0 spiro atoms. The predicted molar refractivity (Wildman–Crippen MR) is 81.1 cm³/mol. The van der Waals surface area contributed by atoms with E-state index in [9.17, 15) is 5.11 Å². The second-order valence-electron chi connectivity index (χ2n) is 4.88. The molecular formula is C16H13N3O2. The lowest BCUT2D eigenvalue weighted by atomic mass is 10.2. The van der Waals surface area contributed by atoms with Crippen molar-refractivity contribution in [2.24, 2.45) is 0 Å². The Bertz CT molecular complexity index is 953. The Kier molecular flexibility index (Phi) is 2.41. The van der Waals surface area contributed by atoms with Crippen molar-refractivity contribution in [2.75, 3.05) is 7.11 Å². The third kappa shape index (κ3) is 1.74. The van der Waals surface area contributed by atoms with Crippen LogP contribution in [0, 0.1) is 0 Å². The van der Waals surface area contributed by atoms with Gasteiger partial charge in [-0.25, -0.2) is 4.98 Å². The summed E-state index contributed by atoms with van der Waals surface area (Å²) in [6.45, 7) is 0. The lowest BCUT2D eigenvalue weighted by Crippen LogP contribution is -1.92. The molecular weight excluding hydrogens is 266 g/mol. The van der Waals surface area contributed by atoms with Gasteiger partial charge in [0, 0.05) is 28.6 Å². The number of aromatic nitrogens is 3.